The van der Waals surface area contributed by atoms with Crippen molar-refractivity contribution >= 4 is 51.7 Å². The zero-order chi connectivity index (χ0) is 29.1. The number of fused-ring (bicyclic) bond motifs is 1. The molecule has 2 aromatic heterocycles. The molecule has 0 bridgehead atoms. The van der Waals surface area contributed by atoms with E-state index in [0.29, 0.717) is 40.1 Å². The van der Waals surface area contributed by atoms with E-state index in [-0.39, 0.29) is 5.82 Å². The van der Waals surface area contributed by atoms with E-state index < -0.39 is 12.5 Å². The average Bonchev–Trinajstić information content (AvgIpc) is 3.36. The minimum Gasteiger partial charge on any atom is -0.387 e. The van der Waals surface area contributed by atoms with Gasteiger partial charge in [-0.15, -0.1) is 0 Å². The van der Waals surface area contributed by atoms with E-state index in [9.17, 15) is 9.18 Å². The molecule has 11 nitrogen and oxygen atoms in total. The van der Waals surface area contributed by atoms with Crippen LogP contribution in [-0.2, 0) is 4.79 Å². The summed E-state index contributed by atoms with van der Waals surface area (Å²) < 4.78 is 15.3. The van der Waals surface area contributed by atoms with Gasteiger partial charge in [0.25, 0.3) is 0 Å². The Hall–Kier alpha value is -5.07. The van der Waals surface area contributed by atoms with Gasteiger partial charge in [0.2, 0.25) is 17.8 Å². The minimum atomic E-state index is -0.631. The molecule has 0 aliphatic carbocycles. The number of likely N-dealkylation sites (N-methyl/N-ethyl adjacent to an activating group) is 1. The normalized spacial score (nSPS) is 13.7. The Morgan fingerprint density at radius 3 is 2.33 bits per heavy atom. The Labute approximate surface area is 241 Å². The Morgan fingerprint density at radius 1 is 0.881 bits per heavy atom. The van der Waals surface area contributed by atoms with Crippen LogP contribution in [0.3, 0.4) is 0 Å². The predicted octanol–water partition coefficient (Wildman–Crippen LogP) is 4.12. The van der Waals surface area contributed by atoms with Crippen LogP contribution in [0, 0.1) is 5.82 Å². The van der Waals surface area contributed by atoms with Crippen LogP contribution in [0.2, 0.25) is 0 Å². The number of anilines is 6. The SMILES string of the molecule is CN1CCN(c2ccc(Nc3ncc4nc(Nc5ccc(F)cc5)n(-c5cccc(NC(=O)CO)c5)c4n3)cc2)CC1. The summed E-state index contributed by atoms with van der Waals surface area (Å²) >= 11 is 0. The molecule has 214 valence electrons. The summed E-state index contributed by atoms with van der Waals surface area (Å²) in [7, 11) is 2.14. The summed E-state index contributed by atoms with van der Waals surface area (Å²) in [5, 5.41) is 18.3. The second-order valence-electron chi connectivity index (χ2n) is 10.0. The maximum absolute atomic E-state index is 13.5. The van der Waals surface area contributed by atoms with Crippen LogP contribution < -0.4 is 20.9 Å². The molecule has 12 heteroatoms. The molecule has 6 rings (SSSR count). The topological polar surface area (TPSA) is 123 Å². The Kier molecular flexibility index (Phi) is 7.62. The van der Waals surface area contributed by atoms with E-state index in [1.807, 2.05) is 18.2 Å². The van der Waals surface area contributed by atoms with Crippen molar-refractivity contribution in [2.45, 2.75) is 0 Å². The number of halogens is 1. The smallest absolute Gasteiger partial charge is 0.250 e. The molecule has 3 aromatic carbocycles. The largest absolute Gasteiger partial charge is 0.387 e. The van der Waals surface area contributed by atoms with Crippen LogP contribution >= 0.6 is 0 Å². The zero-order valence-electron chi connectivity index (χ0n) is 23.0. The third-order valence-corrected chi connectivity index (χ3v) is 7.02. The standard InChI is InChI=1S/C30H30FN9O2/c1-38-13-15-39(16-14-38)24-11-9-21(10-12-24)34-29-32-18-26-28(37-29)40(25-4-2-3-23(17-25)33-27(42)19-41)30(36-26)35-22-7-5-20(31)6-8-22/h2-12,17-18,41H,13-16,19H2,1H3,(H,33,42)(H,35,36)(H,32,34,37). The van der Waals surface area contributed by atoms with Gasteiger partial charge in [0.1, 0.15) is 17.9 Å². The number of aliphatic hydroxyl groups is 1. The van der Waals surface area contributed by atoms with Gasteiger partial charge in [-0.25, -0.2) is 14.4 Å². The fourth-order valence-corrected chi connectivity index (χ4v) is 4.80. The van der Waals surface area contributed by atoms with Gasteiger partial charge in [-0.05, 0) is 73.8 Å². The van der Waals surface area contributed by atoms with Crippen molar-refractivity contribution in [2.24, 2.45) is 0 Å². The molecule has 1 saturated heterocycles. The molecule has 0 atom stereocenters. The summed E-state index contributed by atoms with van der Waals surface area (Å²) in [6.07, 6.45) is 1.63. The first-order valence-corrected chi connectivity index (χ1v) is 13.5. The highest BCUT2D eigenvalue weighted by atomic mass is 19.1. The van der Waals surface area contributed by atoms with E-state index in [1.54, 1.807) is 41.1 Å². The maximum Gasteiger partial charge on any atom is 0.250 e. The highest BCUT2D eigenvalue weighted by Crippen LogP contribution is 2.29. The molecule has 1 aliphatic rings. The summed E-state index contributed by atoms with van der Waals surface area (Å²) in [5.74, 6) is -0.0708. The molecule has 3 heterocycles. The molecule has 4 N–H and O–H groups in total. The molecule has 0 saturated carbocycles. The number of hydrogen-bond acceptors (Lipinski definition) is 9. The number of hydrogen-bond donors (Lipinski definition) is 4. The van der Waals surface area contributed by atoms with Gasteiger partial charge in [-0.3, -0.25) is 9.36 Å². The molecule has 1 amide bonds. The first kappa shape index (κ1) is 27.1. The number of nitrogens with zero attached hydrogens (tertiary/aromatic N) is 6. The lowest BCUT2D eigenvalue weighted by Crippen LogP contribution is -2.44. The van der Waals surface area contributed by atoms with E-state index >= 15 is 0 Å². The van der Waals surface area contributed by atoms with Crippen molar-refractivity contribution in [3.8, 4) is 5.69 Å². The number of nitrogens with one attached hydrogen (secondary N) is 3. The van der Waals surface area contributed by atoms with Crippen molar-refractivity contribution < 1.29 is 14.3 Å². The van der Waals surface area contributed by atoms with Gasteiger partial charge in [-0.1, -0.05) is 6.07 Å². The van der Waals surface area contributed by atoms with Crippen molar-refractivity contribution in [2.75, 3.05) is 60.7 Å². The number of carbonyl (C=O) groups excluding carboxylic acids is 1. The lowest BCUT2D eigenvalue weighted by Gasteiger charge is -2.34. The van der Waals surface area contributed by atoms with Crippen LogP contribution in [0.25, 0.3) is 16.9 Å². The Morgan fingerprint density at radius 2 is 1.60 bits per heavy atom. The van der Waals surface area contributed by atoms with Gasteiger partial charge in [0, 0.05) is 48.9 Å². The highest BCUT2D eigenvalue weighted by Gasteiger charge is 2.18. The van der Waals surface area contributed by atoms with Crippen LogP contribution in [-0.4, -0.2) is 75.3 Å². The van der Waals surface area contributed by atoms with Gasteiger partial charge in [0.05, 0.1) is 11.9 Å². The van der Waals surface area contributed by atoms with E-state index in [1.165, 1.54) is 17.8 Å². The van der Waals surface area contributed by atoms with Crippen molar-refractivity contribution in [1.82, 2.24) is 24.4 Å². The number of aromatic nitrogens is 4. The quantitative estimate of drug-likeness (QED) is 0.219. The number of imidazole rings is 1. The van der Waals surface area contributed by atoms with Crippen LogP contribution in [0.15, 0.2) is 79.0 Å². The zero-order valence-corrected chi connectivity index (χ0v) is 23.0. The van der Waals surface area contributed by atoms with Gasteiger partial charge in [0.15, 0.2) is 5.65 Å². The summed E-state index contributed by atoms with van der Waals surface area (Å²) in [5.41, 5.74) is 4.83. The molecule has 1 fully saturated rings. The number of aliphatic hydroxyl groups excluding tert-OH is 1. The second kappa shape index (κ2) is 11.8. The van der Waals surface area contributed by atoms with E-state index in [0.717, 1.165) is 31.9 Å². The van der Waals surface area contributed by atoms with Crippen LogP contribution in [0.1, 0.15) is 0 Å². The molecule has 0 unspecified atom stereocenters. The monoisotopic (exact) mass is 567 g/mol. The van der Waals surface area contributed by atoms with Gasteiger partial charge < -0.3 is 30.9 Å². The van der Waals surface area contributed by atoms with Crippen molar-refractivity contribution in [1.29, 1.82) is 0 Å². The summed E-state index contributed by atoms with van der Waals surface area (Å²) in [4.78, 5) is 30.5. The Bertz CT molecular complexity index is 1700. The fourth-order valence-electron chi connectivity index (χ4n) is 4.80. The summed E-state index contributed by atoms with van der Waals surface area (Å²) in [6.45, 7) is 3.43. The van der Waals surface area contributed by atoms with E-state index in [4.69, 9.17) is 15.1 Å². The Balaban J connectivity index is 1.33. The lowest BCUT2D eigenvalue weighted by molar-refractivity contribution is -0.118. The van der Waals surface area contributed by atoms with Crippen molar-refractivity contribution in [3.05, 3.63) is 84.8 Å². The van der Waals surface area contributed by atoms with E-state index in [2.05, 4.69) is 49.9 Å². The third kappa shape index (κ3) is 5.99. The molecule has 42 heavy (non-hydrogen) atoms. The lowest BCUT2D eigenvalue weighted by atomic mass is 10.2. The first-order chi connectivity index (χ1) is 20.4. The number of carbonyl (C=O) groups is 1. The molecular weight excluding hydrogens is 537 g/mol. The summed E-state index contributed by atoms with van der Waals surface area (Å²) in [6, 6.07) is 21.2. The molecular formula is C30H30FN9O2. The second-order valence-corrected chi connectivity index (χ2v) is 10.0. The fraction of sp³-hybridized carbons (Fsp3) is 0.200. The van der Waals surface area contributed by atoms with Gasteiger partial charge >= 0.3 is 0 Å². The molecule has 0 spiro atoms. The number of amides is 1. The molecule has 0 radical (unpaired) electrons. The minimum absolute atomic E-state index is 0.348. The molecule has 5 aromatic rings. The highest BCUT2D eigenvalue weighted by molar-refractivity contribution is 5.92. The number of rotatable bonds is 8. The first-order valence-electron chi connectivity index (χ1n) is 13.5. The number of piperazine rings is 1. The van der Waals surface area contributed by atoms with Gasteiger partial charge in [-0.2, -0.15) is 4.98 Å². The molecule has 1 aliphatic heterocycles. The van der Waals surface area contributed by atoms with Crippen LogP contribution in [0.5, 0.6) is 0 Å². The third-order valence-electron chi connectivity index (χ3n) is 7.02. The van der Waals surface area contributed by atoms with Crippen LogP contribution in [0.4, 0.5) is 39.0 Å². The average molecular weight is 568 g/mol. The number of benzene rings is 3. The van der Waals surface area contributed by atoms with Crippen molar-refractivity contribution in [3.63, 3.8) is 0 Å². The predicted molar refractivity (Wildman–Crippen MR) is 161 cm³/mol. The maximum atomic E-state index is 13.5.